The number of aryl methyl sites for hydroxylation is 1. The minimum atomic E-state index is -3.22. The maximum Gasteiger partial charge on any atom is 0.232 e. The summed E-state index contributed by atoms with van der Waals surface area (Å²) >= 11 is 2.21. The van der Waals surface area contributed by atoms with Crippen molar-refractivity contribution in [2.24, 2.45) is 5.92 Å². The fraction of sp³-hybridized carbons (Fsp3) is 0.500. The van der Waals surface area contributed by atoms with Crippen molar-refractivity contribution in [3.8, 4) is 0 Å². The van der Waals surface area contributed by atoms with Crippen LogP contribution < -0.4 is 4.72 Å². The summed E-state index contributed by atoms with van der Waals surface area (Å²) in [7, 11) is -3.22. The Kier molecular flexibility index (Phi) is 5.24. The van der Waals surface area contributed by atoms with Gasteiger partial charge in [-0.3, -0.25) is 4.72 Å². The molecule has 0 amide bonds. The molecule has 0 radical (unpaired) electrons. The smallest absolute Gasteiger partial charge is 0.232 e. The van der Waals surface area contributed by atoms with Crippen LogP contribution in [0.2, 0.25) is 0 Å². The summed E-state index contributed by atoms with van der Waals surface area (Å²) in [5.41, 5.74) is 1.62. The fourth-order valence-corrected chi connectivity index (χ4v) is 3.45. The first kappa shape index (κ1) is 14.8. The third kappa shape index (κ3) is 5.25. The second-order valence-corrected chi connectivity index (χ2v) is 7.65. The van der Waals surface area contributed by atoms with Gasteiger partial charge >= 0.3 is 0 Å². The summed E-state index contributed by atoms with van der Waals surface area (Å²) in [4.78, 5) is 0. The molecule has 0 unspecified atom stereocenters. The molecule has 0 aromatic heterocycles. The van der Waals surface area contributed by atoms with E-state index < -0.39 is 10.0 Å². The van der Waals surface area contributed by atoms with Crippen molar-refractivity contribution < 1.29 is 8.42 Å². The van der Waals surface area contributed by atoms with Crippen molar-refractivity contribution in [3.05, 3.63) is 27.3 Å². The molecule has 1 N–H and O–H groups in total. The highest BCUT2D eigenvalue weighted by Gasteiger charge is 2.12. The molecule has 0 saturated carbocycles. The van der Waals surface area contributed by atoms with Crippen LogP contribution in [0.15, 0.2) is 18.2 Å². The molecule has 1 rings (SSSR count). The van der Waals surface area contributed by atoms with Gasteiger partial charge in [0.25, 0.3) is 0 Å². The van der Waals surface area contributed by atoms with E-state index in [2.05, 4.69) is 27.3 Å². The number of benzene rings is 1. The molecule has 0 aliphatic rings. The number of sulfonamides is 1. The van der Waals surface area contributed by atoms with Gasteiger partial charge in [-0.2, -0.15) is 0 Å². The highest BCUT2D eigenvalue weighted by Crippen LogP contribution is 2.19. The molecule has 1 aromatic rings. The standard InChI is InChI=1S/C12H18INO2S/c1-9(2)6-7-17(15,16)14-12-5-4-11(13)8-10(12)3/h4-5,8-9,14H,6-7H2,1-3H3. The molecular weight excluding hydrogens is 349 g/mol. The van der Waals surface area contributed by atoms with Crippen molar-refractivity contribution >= 4 is 38.3 Å². The number of anilines is 1. The van der Waals surface area contributed by atoms with Gasteiger partial charge in [-0.15, -0.1) is 0 Å². The predicted molar refractivity (Wildman–Crippen MR) is 80.8 cm³/mol. The maximum atomic E-state index is 11.8. The fourth-order valence-electron chi connectivity index (χ4n) is 1.35. The van der Waals surface area contributed by atoms with Gasteiger partial charge in [0.1, 0.15) is 0 Å². The molecule has 3 nitrogen and oxygen atoms in total. The molecule has 96 valence electrons. The molecule has 17 heavy (non-hydrogen) atoms. The van der Waals surface area contributed by atoms with Crippen LogP contribution in [0.4, 0.5) is 5.69 Å². The van der Waals surface area contributed by atoms with Crippen LogP contribution in [0.1, 0.15) is 25.8 Å². The molecule has 0 bridgehead atoms. The highest BCUT2D eigenvalue weighted by molar-refractivity contribution is 14.1. The Hall–Kier alpha value is -0.300. The molecular formula is C12H18INO2S. The van der Waals surface area contributed by atoms with Crippen LogP contribution in [-0.2, 0) is 10.0 Å². The minimum Gasteiger partial charge on any atom is -0.283 e. The highest BCUT2D eigenvalue weighted by atomic mass is 127. The molecule has 0 atom stereocenters. The van der Waals surface area contributed by atoms with Gasteiger partial charge < -0.3 is 0 Å². The Bertz CT molecular complexity index is 483. The van der Waals surface area contributed by atoms with E-state index in [9.17, 15) is 8.42 Å². The quantitative estimate of drug-likeness (QED) is 0.811. The Morgan fingerprint density at radius 3 is 2.53 bits per heavy atom. The monoisotopic (exact) mass is 367 g/mol. The van der Waals surface area contributed by atoms with E-state index >= 15 is 0 Å². The second kappa shape index (κ2) is 6.04. The number of halogens is 1. The molecule has 0 saturated heterocycles. The summed E-state index contributed by atoms with van der Waals surface area (Å²) in [6, 6.07) is 5.67. The normalized spacial score (nSPS) is 11.8. The zero-order valence-electron chi connectivity index (χ0n) is 10.3. The van der Waals surface area contributed by atoms with E-state index in [1.165, 1.54) is 0 Å². The summed E-state index contributed by atoms with van der Waals surface area (Å²) in [6.07, 6.45) is 0.679. The van der Waals surface area contributed by atoms with Gasteiger partial charge in [0.2, 0.25) is 10.0 Å². The third-order valence-corrected chi connectivity index (χ3v) is 4.39. The lowest BCUT2D eigenvalue weighted by atomic mass is 10.2. The van der Waals surface area contributed by atoms with Crippen LogP contribution in [-0.4, -0.2) is 14.2 Å². The topological polar surface area (TPSA) is 46.2 Å². The van der Waals surface area contributed by atoms with Gasteiger partial charge in [-0.25, -0.2) is 8.42 Å². The molecule has 0 spiro atoms. The van der Waals surface area contributed by atoms with Crippen molar-refractivity contribution in [2.45, 2.75) is 27.2 Å². The molecule has 0 heterocycles. The van der Waals surface area contributed by atoms with E-state index in [0.717, 1.165) is 9.13 Å². The average molecular weight is 367 g/mol. The zero-order valence-corrected chi connectivity index (χ0v) is 13.3. The summed E-state index contributed by atoms with van der Waals surface area (Å²) in [5, 5.41) is 0. The van der Waals surface area contributed by atoms with Gasteiger partial charge in [0, 0.05) is 3.57 Å². The number of rotatable bonds is 5. The number of nitrogens with one attached hydrogen (secondary N) is 1. The van der Waals surface area contributed by atoms with Crippen LogP contribution in [0.3, 0.4) is 0 Å². The molecule has 1 aromatic carbocycles. The van der Waals surface area contributed by atoms with E-state index in [-0.39, 0.29) is 5.75 Å². The third-order valence-electron chi connectivity index (χ3n) is 2.42. The minimum absolute atomic E-state index is 0.177. The molecule has 0 fully saturated rings. The lowest BCUT2D eigenvalue weighted by molar-refractivity contribution is 0.578. The second-order valence-electron chi connectivity index (χ2n) is 4.56. The van der Waals surface area contributed by atoms with Crippen LogP contribution in [0, 0.1) is 16.4 Å². The Labute approximate surface area is 117 Å². The van der Waals surface area contributed by atoms with Crippen molar-refractivity contribution in [2.75, 3.05) is 10.5 Å². The maximum absolute atomic E-state index is 11.8. The van der Waals surface area contributed by atoms with Crippen molar-refractivity contribution in [1.82, 2.24) is 0 Å². The molecule has 5 heteroatoms. The van der Waals surface area contributed by atoms with Crippen LogP contribution >= 0.6 is 22.6 Å². The Morgan fingerprint density at radius 2 is 2.00 bits per heavy atom. The largest absolute Gasteiger partial charge is 0.283 e. The van der Waals surface area contributed by atoms with Gasteiger partial charge in [-0.05, 0) is 65.6 Å². The van der Waals surface area contributed by atoms with Gasteiger partial charge in [-0.1, -0.05) is 13.8 Å². The predicted octanol–water partition coefficient (Wildman–Crippen LogP) is 3.39. The Morgan fingerprint density at radius 1 is 1.35 bits per heavy atom. The van der Waals surface area contributed by atoms with Crippen LogP contribution in [0.5, 0.6) is 0 Å². The molecule has 0 aliphatic heterocycles. The summed E-state index contributed by atoms with van der Waals surface area (Å²) in [6.45, 7) is 5.94. The lowest BCUT2D eigenvalue weighted by Crippen LogP contribution is -2.18. The van der Waals surface area contributed by atoms with Gasteiger partial charge in [0.15, 0.2) is 0 Å². The summed E-state index contributed by atoms with van der Waals surface area (Å²) < 4.78 is 27.4. The average Bonchev–Trinajstić information content (AvgIpc) is 2.20. The number of hydrogen-bond donors (Lipinski definition) is 1. The Balaban J connectivity index is 2.76. The van der Waals surface area contributed by atoms with E-state index in [1.54, 1.807) is 0 Å². The van der Waals surface area contributed by atoms with Gasteiger partial charge in [0.05, 0.1) is 11.4 Å². The lowest BCUT2D eigenvalue weighted by Gasteiger charge is -2.11. The van der Waals surface area contributed by atoms with E-state index in [0.29, 0.717) is 18.0 Å². The van der Waals surface area contributed by atoms with E-state index in [1.807, 2.05) is 39.0 Å². The van der Waals surface area contributed by atoms with Crippen molar-refractivity contribution in [3.63, 3.8) is 0 Å². The first-order valence-corrected chi connectivity index (χ1v) is 8.30. The zero-order chi connectivity index (χ0) is 13.1. The van der Waals surface area contributed by atoms with Crippen molar-refractivity contribution in [1.29, 1.82) is 0 Å². The SMILES string of the molecule is Cc1cc(I)ccc1NS(=O)(=O)CCC(C)C. The molecule has 0 aliphatic carbocycles. The first-order chi connectivity index (χ1) is 7.80. The van der Waals surface area contributed by atoms with Crippen LogP contribution in [0.25, 0.3) is 0 Å². The summed E-state index contributed by atoms with van der Waals surface area (Å²) in [5.74, 6) is 0.570. The van der Waals surface area contributed by atoms with E-state index in [4.69, 9.17) is 0 Å². The number of hydrogen-bond acceptors (Lipinski definition) is 2. The first-order valence-electron chi connectivity index (χ1n) is 5.57.